The van der Waals surface area contributed by atoms with Crippen molar-refractivity contribution in [3.05, 3.63) is 65.1 Å². The summed E-state index contributed by atoms with van der Waals surface area (Å²) in [4.78, 5) is 18.2. The van der Waals surface area contributed by atoms with Crippen LogP contribution >= 0.6 is 0 Å². The number of aliphatic carboxylic acids is 1. The first kappa shape index (κ1) is 29.5. The number of carboxylic acids is 1. The highest BCUT2D eigenvalue weighted by Gasteiger charge is 2.37. The highest BCUT2D eigenvalue weighted by molar-refractivity contribution is 5.85. The average molecular weight is 564 g/mol. The number of carboxylic acid groups (broad SMARTS) is 1. The number of piperidine rings is 1. The molecule has 4 rings (SSSR count). The minimum Gasteiger partial charge on any atom is -0.497 e. The van der Waals surface area contributed by atoms with Gasteiger partial charge in [-0.1, -0.05) is 0 Å². The van der Waals surface area contributed by atoms with Gasteiger partial charge in [0.05, 0.1) is 25.2 Å². The molecule has 0 aliphatic carbocycles. The van der Waals surface area contributed by atoms with Crippen LogP contribution in [0.3, 0.4) is 0 Å². The number of alkyl halides is 1. The predicted octanol–water partition coefficient (Wildman–Crippen LogP) is 5.61. The summed E-state index contributed by atoms with van der Waals surface area (Å²) in [6.45, 7) is 1.30. The molecule has 0 unspecified atom stereocenters. The largest absolute Gasteiger partial charge is 0.497 e. The zero-order valence-electron chi connectivity index (χ0n) is 22.2. The molecule has 40 heavy (non-hydrogen) atoms. The number of aromatic nitrogens is 1. The second-order valence-corrected chi connectivity index (χ2v) is 10.4. The van der Waals surface area contributed by atoms with Crippen LogP contribution in [0.5, 0.6) is 5.75 Å². The van der Waals surface area contributed by atoms with E-state index in [9.17, 15) is 32.6 Å². The van der Waals surface area contributed by atoms with Gasteiger partial charge in [0.1, 0.15) is 12.4 Å². The first-order chi connectivity index (χ1) is 19.1. The van der Waals surface area contributed by atoms with Gasteiger partial charge in [0.15, 0.2) is 17.5 Å². The number of benzene rings is 2. The highest BCUT2D eigenvalue weighted by atomic mass is 19.2. The third-order valence-electron chi connectivity index (χ3n) is 7.81. The van der Waals surface area contributed by atoms with Gasteiger partial charge in [0, 0.05) is 48.1 Å². The van der Waals surface area contributed by atoms with Crippen LogP contribution in [0.2, 0.25) is 0 Å². The summed E-state index contributed by atoms with van der Waals surface area (Å²) in [6.07, 6.45) is 2.18. The third-order valence-corrected chi connectivity index (χ3v) is 7.81. The fourth-order valence-corrected chi connectivity index (χ4v) is 5.55. The number of anilines is 1. The summed E-state index contributed by atoms with van der Waals surface area (Å²) >= 11 is 0. The summed E-state index contributed by atoms with van der Waals surface area (Å²) in [5.41, 5.74) is 0.908. The van der Waals surface area contributed by atoms with Crippen molar-refractivity contribution in [3.63, 3.8) is 0 Å². The van der Waals surface area contributed by atoms with E-state index in [2.05, 4.69) is 15.2 Å². The Balaban J connectivity index is 1.40. The number of aliphatic hydroxyl groups is 1. The summed E-state index contributed by atoms with van der Waals surface area (Å²) in [7, 11) is 1.52. The van der Waals surface area contributed by atoms with Gasteiger partial charge >= 0.3 is 5.97 Å². The first-order valence-corrected chi connectivity index (χ1v) is 13.2. The monoisotopic (exact) mass is 563 g/mol. The van der Waals surface area contributed by atoms with Crippen molar-refractivity contribution in [1.29, 1.82) is 0 Å². The summed E-state index contributed by atoms with van der Waals surface area (Å²) in [5, 5.41) is 24.4. The number of likely N-dealkylation sites (tertiary alicyclic amines) is 1. The van der Waals surface area contributed by atoms with E-state index in [1.807, 2.05) is 0 Å². The Morgan fingerprint density at radius 3 is 2.50 bits per heavy atom. The lowest BCUT2D eigenvalue weighted by Crippen LogP contribution is -2.43. The number of ether oxygens (including phenoxy) is 1. The number of pyridine rings is 1. The van der Waals surface area contributed by atoms with Crippen molar-refractivity contribution in [1.82, 2.24) is 9.88 Å². The van der Waals surface area contributed by atoms with Crippen molar-refractivity contribution >= 4 is 22.6 Å². The lowest BCUT2D eigenvalue weighted by molar-refractivity contribution is -0.141. The van der Waals surface area contributed by atoms with Gasteiger partial charge < -0.3 is 25.2 Å². The van der Waals surface area contributed by atoms with Gasteiger partial charge in [0.25, 0.3) is 0 Å². The summed E-state index contributed by atoms with van der Waals surface area (Å²) < 4.78 is 59.2. The van der Waals surface area contributed by atoms with Crippen LogP contribution < -0.4 is 10.1 Å². The molecule has 11 heteroatoms. The molecule has 2 heterocycles. The van der Waals surface area contributed by atoms with E-state index in [0.29, 0.717) is 67.7 Å². The van der Waals surface area contributed by atoms with Gasteiger partial charge in [-0.25, -0.2) is 17.6 Å². The third kappa shape index (κ3) is 6.82. The van der Waals surface area contributed by atoms with E-state index in [0.717, 1.165) is 12.1 Å². The smallest absolute Gasteiger partial charge is 0.303 e. The Labute approximate surface area is 229 Å². The van der Waals surface area contributed by atoms with Crippen LogP contribution in [0, 0.1) is 22.9 Å². The molecule has 3 aromatic rings. The molecular weight excluding hydrogens is 530 g/mol. The number of fused-ring (bicyclic) bond motifs is 1. The topological polar surface area (TPSA) is 94.9 Å². The minimum absolute atomic E-state index is 0.0547. The van der Waals surface area contributed by atoms with E-state index >= 15 is 0 Å². The highest BCUT2D eigenvalue weighted by Crippen LogP contribution is 2.42. The second kappa shape index (κ2) is 12.8. The number of carbonyl (C=O) groups is 1. The number of hydrogen-bond acceptors (Lipinski definition) is 6. The number of hydrogen-bond donors (Lipinski definition) is 3. The number of nitrogens with zero attached hydrogens (tertiary/aromatic N) is 2. The SMILES string of the molecule is COc1ccc2ncc(CF)c([C@H](O)CCC3(CC(=O)O)CCN(CCNc4cc(F)c(F)c(F)c4)CC3)c2c1. The Morgan fingerprint density at radius 2 is 1.88 bits per heavy atom. The number of aliphatic hydroxyl groups excluding tert-OH is 1. The molecule has 0 saturated carbocycles. The number of nitrogens with one attached hydrogen (secondary N) is 1. The van der Waals surface area contributed by atoms with E-state index in [1.54, 1.807) is 18.2 Å². The number of methoxy groups -OCH3 is 1. The van der Waals surface area contributed by atoms with Crippen molar-refractivity contribution in [2.75, 3.05) is 38.6 Å². The molecule has 0 amide bonds. The molecule has 0 radical (unpaired) electrons. The predicted molar refractivity (Wildman–Crippen MR) is 142 cm³/mol. The van der Waals surface area contributed by atoms with Gasteiger partial charge in [-0.2, -0.15) is 0 Å². The van der Waals surface area contributed by atoms with Gasteiger partial charge in [-0.15, -0.1) is 0 Å². The molecule has 1 aliphatic rings. The Morgan fingerprint density at radius 1 is 1.18 bits per heavy atom. The van der Waals surface area contributed by atoms with E-state index in [-0.39, 0.29) is 24.1 Å². The van der Waals surface area contributed by atoms with Crippen LogP contribution in [-0.4, -0.2) is 59.4 Å². The fraction of sp³-hybridized carbons (Fsp3) is 0.448. The molecule has 1 aliphatic heterocycles. The lowest BCUT2D eigenvalue weighted by Gasteiger charge is -2.41. The number of rotatable bonds is 12. The number of halogens is 4. The quantitative estimate of drug-likeness (QED) is 0.195. The maximum Gasteiger partial charge on any atom is 0.303 e. The minimum atomic E-state index is -1.51. The van der Waals surface area contributed by atoms with Crippen LogP contribution in [0.15, 0.2) is 36.5 Å². The maximum absolute atomic E-state index is 13.9. The zero-order valence-corrected chi connectivity index (χ0v) is 22.2. The molecule has 1 saturated heterocycles. The Hall–Kier alpha value is -3.44. The molecule has 1 atom stereocenters. The van der Waals surface area contributed by atoms with E-state index in [4.69, 9.17) is 4.74 Å². The van der Waals surface area contributed by atoms with E-state index in [1.165, 1.54) is 13.3 Å². The fourth-order valence-electron chi connectivity index (χ4n) is 5.55. The van der Waals surface area contributed by atoms with Gasteiger partial charge in [-0.3, -0.25) is 9.78 Å². The van der Waals surface area contributed by atoms with Crippen molar-refractivity contribution in [2.45, 2.75) is 44.9 Å². The van der Waals surface area contributed by atoms with Crippen molar-refractivity contribution < 1.29 is 37.3 Å². The normalized spacial score (nSPS) is 16.1. The first-order valence-electron chi connectivity index (χ1n) is 13.2. The van der Waals surface area contributed by atoms with Crippen LogP contribution in [0.1, 0.15) is 49.3 Å². The van der Waals surface area contributed by atoms with E-state index < -0.39 is 41.6 Å². The van der Waals surface area contributed by atoms with Gasteiger partial charge in [-0.05, 0) is 68.0 Å². The molecular formula is C29H33F4N3O4. The maximum atomic E-state index is 13.9. The lowest BCUT2D eigenvalue weighted by atomic mass is 9.71. The molecule has 0 bridgehead atoms. The van der Waals surface area contributed by atoms with Crippen LogP contribution in [0.4, 0.5) is 23.2 Å². The standard InChI is InChI=1S/C29H33F4N3O4/c1-40-20-2-3-24-21(14-20)27(18(16-30)17-35-24)25(37)4-5-29(15-26(38)39)6-9-36(10-7-29)11-8-34-19-12-22(31)28(33)23(32)13-19/h2-3,12-14,17,25,34,37H,4-11,15-16H2,1H3,(H,38,39)/t25-/m1/s1. The molecule has 0 spiro atoms. The molecule has 1 fully saturated rings. The van der Waals surface area contributed by atoms with Crippen LogP contribution in [0.25, 0.3) is 10.9 Å². The average Bonchev–Trinajstić information content (AvgIpc) is 2.94. The van der Waals surface area contributed by atoms with Gasteiger partial charge in [0.2, 0.25) is 0 Å². The summed E-state index contributed by atoms with van der Waals surface area (Å²) in [5.74, 6) is -4.41. The van der Waals surface area contributed by atoms with Crippen molar-refractivity contribution in [3.8, 4) is 5.75 Å². The second-order valence-electron chi connectivity index (χ2n) is 10.4. The molecule has 3 N–H and O–H groups in total. The Kier molecular flexibility index (Phi) is 9.47. The molecule has 1 aromatic heterocycles. The molecule has 2 aromatic carbocycles. The molecule has 7 nitrogen and oxygen atoms in total. The zero-order chi connectivity index (χ0) is 28.9. The molecule has 216 valence electrons. The Bertz CT molecular complexity index is 1320. The van der Waals surface area contributed by atoms with Crippen molar-refractivity contribution in [2.24, 2.45) is 5.41 Å². The van der Waals surface area contributed by atoms with Crippen LogP contribution in [-0.2, 0) is 11.5 Å². The summed E-state index contributed by atoms with van der Waals surface area (Å²) in [6, 6.07) is 6.99.